The number of hydrogen-bond donors (Lipinski definition) is 1. The van der Waals surface area contributed by atoms with Crippen molar-refractivity contribution in [3.05, 3.63) is 51.7 Å². The zero-order valence-corrected chi connectivity index (χ0v) is 9.79. The molecule has 0 bridgehead atoms. The predicted molar refractivity (Wildman–Crippen MR) is 67.5 cm³/mol. The quantitative estimate of drug-likeness (QED) is 0.895. The Hall–Kier alpha value is -2.30. The van der Waals surface area contributed by atoms with E-state index in [2.05, 4.69) is 10.7 Å². The molecule has 1 heterocycles. The molecule has 17 heavy (non-hydrogen) atoms. The zero-order chi connectivity index (χ0) is 12.1. The Morgan fingerprint density at radius 2 is 1.82 bits per heavy atom. The summed E-state index contributed by atoms with van der Waals surface area (Å²) >= 11 is 1.65. The van der Waals surface area contributed by atoms with Gasteiger partial charge in [0.25, 0.3) is 0 Å². The van der Waals surface area contributed by atoms with Gasteiger partial charge in [-0.2, -0.15) is 21.9 Å². The second kappa shape index (κ2) is 5.16. The van der Waals surface area contributed by atoms with E-state index in [1.165, 1.54) is 5.56 Å². The molecule has 0 atom stereocenters. The molecular formula is C13H9N3S. The third kappa shape index (κ3) is 2.84. The lowest BCUT2D eigenvalue weighted by Crippen LogP contribution is -1.98. The molecule has 0 radical (unpaired) electrons. The largest absolute Gasteiger partial charge is 0.381 e. The van der Waals surface area contributed by atoms with Crippen LogP contribution in [0, 0.1) is 22.7 Å². The molecule has 0 amide bonds. The molecule has 0 spiro atoms. The summed E-state index contributed by atoms with van der Waals surface area (Å²) in [6.07, 6.45) is 0. The minimum absolute atomic E-state index is 0.497. The minimum atomic E-state index is 0.497. The Bertz CT molecular complexity index is 556. The van der Waals surface area contributed by atoms with Crippen molar-refractivity contribution in [2.24, 2.45) is 0 Å². The number of rotatable bonds is 3. The van der Waals surface area contributed by atoms with Crippen LogP contribution in [-0.4, -0.2) is 0 Å². The molecule has 1 aromatic heterocycles. The standard InChI is InChI=1S/C13H9N3S/c14-6-11-3-12(7-15)5-13(4-11)16-8-10-1-2-17-9-10/h1-5,9,16H,8H2. The second-order valence-electron chi connectivity index (χ2n) is 3.51. The summed E-state index contributed by atoms with van der Waals surface area (Å²) in [5.74, 6) is 0. The summed E-state index contributed by atoms with van der Waals surface area (Å²) in [5.41, 5.74) is 2.98. The zero-order valence-electron chi connectivity index (χ0n) is 8.97. The highest BCUT2D eigenvalue weighted by Crippen LogP contribution is 2.16. The molecule has 3 nitrogen and oxygen atoms in total. The van der Waals surface area contributed by atoms with E-state index in [1.807, 2.05) is 23.6 Å². The number of nitrogens with zero attached hydrogens (tertiary/aromatic N) is 2. The van der Waals surface area contributed by atoms with Gasteiger partial charge in [0.2, 0.25) is 0 Å². The maximum atomic E-state index is 8.85. The maximum Gasteiger partial charge on any atom is 0.0992 e. The van der Waals surface area contributed by atoms with Gasteiger partial charge in [0, 0.05) is 12.2 Å². The molecule has 0 saturated carbocycles. The van der Waals surface area contributed by atoms with Crippen LogP contribution < -0.4 is 5.32 Å². The van der Waals surface area contributed by atoms with Gasteiger partial charge in [-0.05, 0) is 40.6 Å². The van der Waals surface area contributed by atoms with Gasteiger partial charge in [0.05, 0.1) is 23.3 Å². The molecule has 0 aliphatic carbocycles. The van der Waals surface area contributed by atoms with Gasteiger partial charge in [-0.15, -0.1) is 0 Å². The molecule has 2 aromatic rings. The Labute approximate surface area is 104 Å². The molecule has 0 saturated heterocycles. The lowest BCUT2D eigenvalue weighted by molar-refractivity contribution is 1.16. The molecule has 2 rings (SSSR count). The van der Waals surface area contributed by atoms with Gasteiger partial charge in [0.15, 0.2) is 0 Å². The molecule has 4 heteroatoms. The van der Waals surface area contributed by atoms with Crippen LogP contribution in [0.3, 0.4) is 0 Å². The van der Waals surface area contributed by atoms with Gasteiger partial charge in [-0.25, -0.2) is 0 Å². The third-order valence-electron chi connectivity index (χ3n) is 2.27. The summed E-state index contributed by atoms with van der Waals surface area (Å²) in [5, 5.41) is 25.0. The summed E-state index contributed by atoms with van der Waals surface area (Å²) in [6, 6.07) is 11.2. The fraction of sp³-hybridized carbons (Fsp3) is 0.0769. The van der Waals surface area contributed by atoms with Crippen molar-refractivity contribution in [2.45, 2.75) is 6.54 Å². The van der Waals surface area contributed by atoms with Crippen molar-refractivity contribution in [1.29, 1.82) is 10.5 Å². The van der Waals surface area contributed by atoms with E-state index < -0.39 is 0 Å². The average molecular weight is 239 g/mol. The van der Waals surface area contributed by atoms with Gasteiger partial charge in [-0.1, -0.05) is 0 Å². The van der Waals surface area contributed by atoms with E-state index >= 15 is 0 Å². The number of nitrogens with one attached hydrogen (secondary N) is 1. The van der Waals surface area contributed by atoms with Gasteiger partial charge >= 0.3 is 0 Å². The average Bonchev–Trinajstić information content (AvgIpc) is 2.89. The Balaban J connectivity index is 2.16. The Kier molecular flexibility index (Phi) is 3.40. The van der Waals surface area contributed by atoms with E-state index in [0.29, 0.717) is 17.7 Å². The number of thiophene rings is 1. The number of hydrogen-bond acceptors (Lipinski definition) is 4. The van der Waals surface area contributed by atoms with Crippen molar-refractivity contribution < 1.29 is 0 Å². The molecule has 0 aliphatic rings. The molecule has 82 valence electrons. The number of benzene rings is 1. The first-order valence-electron chi connectivity index (χ1n) is 5.02. The Morgan fingerprint density at radius 1 is 1.12 bits per heavy atom. The topological polar surface area (TPSA) is 59.6 Å². The van der Waals surface area contributed by atoms with E-state index in [0.717, 1.165) is 5.69 Å². The van der Waals surface area contributed by atoms with Crippen LogP contribution >= 0.6 is 11.3 Å². The van der Waals surface area contributed by atoms with Crippen molar-refractivity contribution in [2.75, 3.05) is 5.32 Å². The summed E-state index contributed by atoms with van der Waals surface area (Å²) in [7, 11) is 0. The summed E-state index contributed by atoms with van der Waals surface area (Å²) in [6.45, 7) is 0.698. The molecule has 1 N–H and O–H groups in total. The van der Waals surface area contributed by atoms with Gasteiger partial charge < -0.3 is 5.32 Å². The monoisotopic (exact) mass is 239 g/mol. The number of anilines is 1. The highest BCUT2D eigenvalue weighted by Gasteiger charge is 2.00. The predicted octanol–water partition coefficient (Wildman–Crippen LogP) is 3.10. The smallest absolute Gasteiger partial charge is 0.0992 e. The highest BCUT2D eigenvalue weighted by atomic mass is 32.1. The third-order valence-corrected chi connectivity index (χ3v) is 3.00. The first-order valence-corrected chi connectivity index (χ1v) is 5.96. The second-order valence-corrected chi connectivity index (χ2v) is 4.29. The van der Waals surface area contributed by atoms with Gasteiger partial charge in [-0.3, -0.25) is 0 Å². The summed E-state index contributed by atoms with van der Waals surface area (Å²) in [4.78, 5) is 0. The normalized spacial score (nSPS) is 9.29. The van der Waals surface area contributed by atoms with Crippen LogP contribution in [0.25, 0.3) is 0 Å². The lowest BCUT2D eigenvalue weighted by Gasteiger charge is -2.05. The molecule has 0 fully saturated rings. The van der Waals surface area contributed by atoms with E-state index in [1.54, 1.807) is 29.5 Å². The van der Waals surface area contributed by atoms with Crippen molar-refractivity contribution in [3.63, 3.8) is 0 Å². The van der Waals surface area contributed by atoms with Crippen LogP contribution in [0.4, 0.5) is 5.69 Å². The maximum absolute atomic E-state index is 8.85. The fourth-order valence-corrected chi connectivity index (χ4v) is 2.12. The summed E-state index contributed by atoms with van der Waals surface area (Å²) < 4.78 is 0. The van der Waals surface area contributed by atoms with E-state index in [-0.39, 0.29) is 0 Å². The van der Waals surface area contributed by atoms with Crippen LogP contribution in [0.2, 0.25) is 0 Å². The first kappa shape index (κ1) is 11.2. The molecule has 0 aliphatic heterocycles. The first-order chi connectivity index (χ1) is 8.31. The number of nitriles is 2. The molecular weight excluding hydrogens is 230 g/mol. The van der Waals surface area contributed by atoms with Crippen LogP contribution in [-0.2, 0) is 6.54 Å². The van der Waals surface area contributed by atoms with Crippen LogP contribution in [0.5, 0.6) is 0 Å². The highest BCUT2D eigenvalue weighted by molar-refractivity contribution is 7.07. The van der Waals surface area contributed by atoms with Crippen molar-refractivity contribution in [3.8, 4) is 12.1 Å². The molecule has 0 unspecified atom stereocenters. The van der Waals surface area contributed by atoms with E-state index in [4.69, 9.17) is 10.5 Å². The van der Waals surface area contributed by atoms with Crippen LogP contribution in [0.15, 0.2) is 35.0 Å². The van der Waals surface area contributed by atoms with Crippen LogP contribution in [0.1, 0.15) is 16.7 Å². The Morgan fingerprint density at radius 3 is 2.35 bits per heavy atom. The SMILES string of the molecule is N#Cc1cc(C#N)cc(NCc2ccsc2)c1. The lowest BCUT2D eigenvalue weighted by atomic mass is 10.1. The minimum Gasteiger partial charge on any atom is -0.381 e. The van der Waals surface area contributed by atoms with Gasteiger partial charge in [0.1, 0.15) is 0 Å². The van der Waals surface area contributed by atoms with E-state index in [9.17, 15) is 0 Å². The van der Waals surface area contributed by atoms with Crippen molar-refractivity contribution >= 4 is 17.0 Å². The molecule has 1 aromatic carbocycles. The van der Waals surface area contributed by atoms with Crippen molar-refractivity contribution in [1.82, 2.24) is 0 Å². The fourth-order valence-electron chi connectivity index (χ4n) is 1.46.